The number of rotatable bonds is 2. The van der Waals surface area contributed by atoms with Crippen LogP contribution in [-0.4, -0.2) is 22.0 Å². The lowest BCUT2D eigenvalue weighted by Crippen LogP contribution is -2.03. The van der Waals surface area contributed by atoms with E-state index in [0.717, 1.165) is 0 Å². The summed E-state index contributed by atoms with van der Waals surface area (Å²) in [5, 5.41) is 12.3. The van der Waals surface area contributed by atoms with Gasteiger partial charge in [-0.15, -0.1) is 0 Å². The van der Waals surface area contributed by atoms with Crippen LogP contribution in [0, 0.1) is 13.8 Å². The zero-order chi connectivity index (χ0) is 16.9. The zero-order valence-corrected chi connectivity index (χ0v) is 13.2. The largest absolute Gasteiger partial charge is 0.478 e. The first kappa shape index (κ1) is 15.2. The lowest BCUT2D eigenvalue weighted by Gasteiger charge is -2.03. The highest BCUT2D eigenvalue weighted by Crippen LogP contribution is 2.38. The summed E-state index contributed by atoms with van der Waals surface area (Å²) in [7, 11) is 0. The molecule has 1 amide bonds. The summed E-state index contributed by atoms with van der Waals surface area (Å²) in [5.41, 5.74) is 9.71. The van der Waals surface area contributed by atoms with Crippen LogP contribution in [0.15, 0.2) is 12.1 Å². The number of nitrogens with two attached hydrogens (primary N) is 1. The fraction of sp³-hybridized carbons (Fsp3) is 0.125. The quantitative estimate of drug-likeness (QED) is 0.501. The van der Waals surface area contributed by atoms with E-state index in [1.54, 1.807) is 32.1 Å². The normalized spacial score (nSPS) is 14.9. The first-order chi connectivity index (χ1) is 10.8. The van der Waals surface area contributed by atoms with Gasteiger partial charge in [0.05, 0.1) is 27.5 Å². The van der Waals surface area contributed by atoms with Crippen LogP contribution < -0.4 is 11.1 Å². The molecule has 1 aliphatic rings. The number of carboxylic acid groups (broad SMARTS) is 1. The number of carbonyl (C=O) groups is 2. The lowest BCUT2D eigenvalue weighted by atomic mass is 10.0. The summed E-state index contributed by atoms with van der Waals surface area (Å²) >= 11 is 5.96. The molecule has 0 fully saturated rings. The number of nitrogens with one attached hydrogen (secondary N) is 2. The number of aryl methyl sites for hydroxylation is 1. The fourth-order valence-corrected chi connectivity index (χ4v) is 2.92. The number of amides is 1. The van der Waals surface area contributed by atoms with Gasteiger partial charge in [-0.3, -0.25) is 4.79 Å². The summed E-state index contributed by atoms with van der Waals surface area (Å²) < 4.78 is 0. The number of hydrogen-bond acceptors (Lipinski definition) is 3. The van der Waals surface area contributed by atoms with Gasteiger partial charge in [0.2, 0.25) is 0 Å². The van der Waals surface area contributed by atoms with Crippen LogP contribution in [0.25, 0.3) is 11.6 Å². The third-order valence-electron chi connectivity index (χ3n) is 3.90. The fourth-order valence-electron chi connectivity index (χ4n) is 2.76. The Kier molecular flexibility index (Phi) is 3.41. The molecule has 23 heavy (non-hydrogen) atoms. The first-order valence-corrected chi connectivity index (χ1v) is 7.22. The van der Waals surface area contributed by atoms with Crippen molar-refractivity contribution in [2.24, 2.45) is 0 Å². The van der Waals surface area contributed by atoms with Crippen molar-refractivity contribution in [3.8, 4) is 0 Å². The Hall–Kier alpha value is -2.73. The summed E-state index contributed by atoms with van der Waals surface area (Å²) in [6.45, 7) is 3.38. The van der Waals surface area contributed by atoms with Gasteiger partial charge in [-0.2, -0.15) is 0 Å². The van der Waals surface area contributed by atoms with Crippen molar-refractivity contribution in [3.63, 3.8) is 0 Å². The van der Waals surface area contributed by atoms with Crippen molar-refractivity contribution < 1.29 is 14.7 Å². The second-order valence-corrected chi connectivity index (χ2v) is 5.81. The van der Waals surface area contributed by atoms with E-state index in [0.29, 0.717) is 44.5 Å². The van der Waals surface area contributed by atoms with Gasteiger partial charge < -0.3 is 21.1 Å². The lowest BCUT2D eigenvalue weighted by molar-refractivity contribution is -0.110. The van der Waals surface area contributed by atoms with Crippen molar-refractivity contribution >= 4 is 46.5 Å². The second-order valence-electron chi connectivity index (χ2n) is 5.40. The zero-order valence-electron chi connectivity index (χ0n) is 12.5. The Morgan fingerprint density at radius 3 is 2.65 bits per heavy atom. The van der Waals surface area contributed by atoms with Crippen LogP contribution in [0.1, 0.15) is 32.9 Å². The minimum absolute atomic E-state index is 0.214. The van der Waals surface area contributed by atoms with E-state index in [4.69, 9.17) is 17.3 Å². The molecule has 1 aliphatic heterocycles. The highest BCUT2D eigenvalue weighted by atomic mass is 35.5. The van der Waals surface area contributed by atoms with E-state index < -0.39 is 5.97 Å². The molecule has 118 valence electrons. The maximum absolute atomic E-state index is 12.2. The predicted molar refractivity (Wildman–Crippen MR) is 89.6 cm³/mol. The van der Waals surface area contributed by atoms with E-state index in [-0.39, 0.29) is 11.5 Å². The Morgan fingerprint density at radius 1 is 1.35 bits per heavy atom. The number of hydrogen-bond donors (Lipinski definition) is 4. The molecule has 5 N–H and O–H groups in total. The Bertz CT molecular complexity index is 896. The number of benzene rings is 1. The highest BCUT2D eigenvalue weighted by Gasteiger charge is 2.26. The maximum atomic E-state index is 12.2. The van der Waals surface area contributed by atoms with Crippen molar-refractivity contribution in [2.45, 2.75) is 13.8 Å². The van der Waals surface area contributed by atoms with E-state index in [1.807, 2.05) is 0 Å². The molecular formula is C16H14ClN3O3. The number of H-pyrrole nitrogens is 1. The van der Waals surface area contributed by atoms with Crippen LogP contribution in [0.5, 0.6) is 0 Å². The molecule has 6 nitrogen and oxygen atoms in total. The summed E-state index contributed by atoms with van der Waals surface area (Å²) in [6.07, 6.45) is 1.63. The average molecular weight is 332 g/mol. The van der Waals surface area contributed by atoms with E-state index in [1.165, 1.54) is 0 Å². The molecule has 0 spiro atoms. The van der Waals surface area contributed by atoms with E-state index in [9.17, 15) is 14.7 Å². The number of carboxylic acids is 1. The highest BCUT2D eigenvalue weighted by molar-refractivity contribution is 6.38. The number of halogens is 1. The molecule has 0 atom stereocenters. The molecule has 1 aromatic heterocycles. The van der Waals surface area contributed by atoms with Crippen molar-refractivity contribution in [2.75, 3.05) is 11.1 Å². The van der Waals surface area contributed by atoms with Gasteiger partial charge in [0, 0.05) is 17.0 Å². The topological polar surface area (TPSA) is 108 Å². The summed E-state index contributed by atoms with van der Waals surface area (Å²) in [5.74, 6) is -1.29. The molecule has 0 unspecified atom stereocenters. The van der Waals surface area contributed by atoms with Gasteiger partial charge in [-0.05, 0) is 37.6 Å². The molecule has 3 rings (SSSR count). The minimum atomic E-state index is -1.01. The molecule has 0 aliphatic carbocycles. The Morgan fingerprint density at radius 2 is 2.04 bits per heavy atom. The third kappa shape index (κ3) is 2.37. The first-order valence-electron chi connectivity index (χ1n) is 6.84. The van der Waals surface area contributed by atoms with Gasteiger partial charge in [-0.25, -0.2) is 4.79 Å². The average Bonchev–Trinajstić information content (AvgIpc) is 2.89. The van der Waals surface area contributed by atoms with Crippen molar-refractivity contribution in [3.05, 3.63) is 45.2 Å². The summed E-state index contributed by atoms with van der Waals surface area (Å²) in [4.78, 5) is 26.5. The molecule has 0 radical (unpaired) electrons. The van der Waals surface area contributed by atoms with Crippen LogP contribution >= 0.6 is 11.6 Å². The van der Waals surface area contributed by atoms with Crippen LogP contribution in [0.2, 0.25) is 5.02 Å². The molecule has 0 saturated carbocycles. The second kappa shape index (κ2) is 5.17. The molecule has 7 heteroatoms. The molecule has 2 aromatic rings. The van der Waals surface area contributed by atoms with Crippen LogP contribution in [0.4, 0.5) is 11.4 Å². The molecular weight excluding hydrogens is 318 g/mol. The van der Waals surface area contributed by atoms with Gasteiger partial charge in [0.1, 0.15) is 0 Å². The van der Waals surface area contributed by atoms with Crippen LogP contribution in [0.3, 0.4) is 0 Å². The van der Waals surface area contributed by atoms with Crippen molar-refractivity contribution in [1.29, 1.82) is 0 Å². The summed E-state index contributed by atoms with van der Waals surface area (Å²) in [6, 6.07) is 3.23. The van der Waals surface area contributed by atoms with Gasteiger partial charge in [-0.1, -0.05) is 11.6 Å². The monoisotopic (exact) mass is 331 g/mol. The number of carbonyl (C=O) groups excluding carboxylic acids is 1. The number of fused-ring (bicyclic) bond motifs is 1. The number of aromatic carboxylic acids is 1. The molecule has 1 aromatic carbocycles. The van der Waals surface area contributed by atoms with Gasteiger partial charge in [0.15, 0.2) is 0 Å². The predicted octanol–water partition coefficient (Wildman–Crippen LogP) is 3.06. The van der Waals surface area contributed by atoms with Gasteiger partial charge >= 0.3 is 5.97 Å². The molecule has 0 saturated heterocycles. The van der Waals surface area contributed by atoms with Crippen LogP contribution in [-0.2, 0) is 4.79 Å². The number of nitrogen functional groups attached to an aromatic ring is 1. The number of aromatic amines is 1. The standard InChI is InChI=1S/C16H14ClN3O3/c1-6-12(19-7(2)14(6)16(22)23)4-9-8-3-11(18)10(17)5-13(8)20-15(9)21/h3-5,19H,18H2,1-2H3,(H,20,21)(H,22,23)/b9-4-. The third-order valence-corrected chi connectivity index (χ3v) is 4.23. The molecule has 2 heterocycles. The maximum Gasteiger partial charge on any atom is 0.337 e. The number of aromatic nitrogens is 1. The Labute approximate surface area is 137 Å². The smallest absolute Gasteiger partial charge is 0.337 e. The van der Waals surface area contributed by atoms with Crippen molar-refractivity contribution in [1.82, 2.24) is 4.98 Å². The van der Waals surface area contributed by atoms with Gasteiger partial charge in [0.25, 0.3) is 5.91 Å². The van der Waals surface area contributed by atoms with E-state index >= 15 is 0 Å². The SMILES string of the molecule is Cc1[nH]c(/C=C2\C(=O)Nc3cc(Cl)c(N)cc32)c(C)c1C(=O)O. The minimum Gasteiger partial charge on any atom is -0.478 e. The Balaban J connectivity index is 2.16. The molecule has 0 bridgehead atoms. The van der Waals surface area contributed by atoms with E-state index in [2.05, 4.69) is 10.3 Å². The number of anilines is 2.